The van der Waals surface area contributed by atoms with Crippen LogP contribution in [0.15, 0.2) is 36.4 Å². The van der Waals surface area contributed by atoms with E-state index in [0.29, 0.717) is 41.7 Å². The minimum absolute atomic E-state index is 0.328. The first-order chi connectivity index (χ1) is 11.8. The lowest BCUT2D eigenvalue weighted by atomic mass is 10.1. The topological polar surface area (TPSA) is 93.7 Å². The van der Waals surface area contributed by atoms with Crippen LogP contribution in [-0.2, 0) is 10.0 Å². The maximum Gasteiger partial charge on any atom is 0.255 e. The van der Waals surface area contributed by atoms with Crippen LogP contribution < -0.4 is 19.5 Å². The van der Waals surface area contributed by atoms with Crippen molar-refractivity contribution in [2.24, 2.45) is 0 Å². The van der Waals surface area contributed by atoms with Crippen LogP contribution in [0.2, 0.25) is 0 Å². The fraction of sp³-hybridized carbons (Fsp3) is 0.235. The lowest BCUT2D eigenvalue weighted by molar-refractivity contribution is 0.102. The Bertz CT molecular complexity index is 925. The summed E-state index contributed by atoms with van der Waals surface area (Å²) in [6.07, 6.45) is 1.08. The summed E-state index contributed by atoms with van der Waals surface area (Å²) < 4.78 is 36.2. The van der Waals surface area contributed by atoms with Crippen molar-refractivity contribution in [2.45, 2.75) is 6.92 Å². The molecule has 0 spiro atoms. The van der Waals surface area contributed by atoms with E-state index < -0.39 is 10.0 Å². The highest BCUT2D eigenvalue weighted by molar-refractivity contribution is 7.92. The van der Waals surface area contributed by atoms with Gasteiger partial charge in [0.2, 0.25) is 10.0 Å². The van der Waals surface area contributed by atoms with Gasteiger partial charge in [-0.25, -0.2) is 8.42 Å². The highest BCUT2D eigenvalue weighted by Crippen LogP contribution is 2.31. The first-order valence-corrected chi connectivity index (χ1v) is 9.50. The Labute approximate surface area is 146 Å². The van der Waals surface area contributed by atoms with Crippen LogP contribution in [-0.4, -0.2) is 33.8 Å². The number of ether oxygens (including phenoxy) is 2. The number of rotatable bonds is 4. The fourth-order valence-corrected chi connectivity index (χ4v) is 3.02. The van der Waals surface area contributed by atoms with E-state index in [1.54, 1.807) is 43.3 Å². The number of benzene rings is 2. The molecule has 1 aliphatic heterocycles. The zero-order valence-corrected chi connectivity index (χ0v) is 14.6. The van der Waals surface area contributed by atoms with E-state index in [-0.39, 0.29) is 5.91 Å². The van der Waals surface area contributed by atoms with Gasteiger partial charge in [0, 0.05) is 11.3 Å². The first-order valence-electron chi connectivity index (χ1n) is 7.61. The number of aryl methyl sites for hydroxylation is 1. The van der Waals surface area contributed by atoms with Gasteiger partial charge in [-0.1, -0.05) is 6.07 Å². The Morgan fingerprint density at radius 1 is 1.04 bits per heavy atom. The van der Waals surface area contributed by atoms with Gasteiger partial charge in [-0.2, -0.15) is 0 Å². The molecule has 0 aliphatic carbocycles. The SMILES string of the molecule is Cc1ccc(NC(=O)c2ccc3c(c2)OCCO3)cc1NS(C)(=O)=O. The van der Waals surface area contributed by atoms with E-state index in [0.717, 1.165) is 11.8 Å². The summed E-state index contributed by atoms with van der Waals surface area (Å²) in [6, 6.07) is 9.97. The number of sulfonamides is 1. The van der Waals surface area contributed by atoms with Crippen molar-refractivity contribution >= 4 is 27.3 Å². The zero-order chi connectivity index (χ0) is 18.0. The molecule has 0 radical (unpaired) electrons. The minimum Gasteiger partial charge on any atom is -0.486 e. The maximum atomic E-state index is 12.4. The third-order valence-corrected chi connectivity index (χ3v) is 4.19. The number of carbonyl (C=O) groups is 1. The predicted molar refractivity (Wildman–Crippen MR) is 95.0 cm³/mol. The Morgan fingerprint density at radius 2 is 1.76 bits per heavy atom. The van der Waals surface area contributed by atoms with Crippen molar-refractivity contribution in [1.82, 2.24) is 0 Å². The highest BCUT2D eigenvalue weighted by Gasteiger charge is 2.15. The summed E-state index contributed by atoms with van der Waals surface area (Å²) in [6.45, 7) is 2.70. The third-order valence-electron chi connectivity index (χ3n) is 3.60. The summed E-state index contributed by atoms with van der Waals surface area (Å²) in [5.41, 5.74) is 2.07. The number of nitrogens with one attached hydrogen (secondary N) is 2. The van der Waals surface area contributed by atoms with Gasteiger partial charge >= 0.3 is 0 Å². The monoisotopic (exact) mass is 362 g/mol. The molecule has 2 N–H and O–H groups in total. The number of amides is 1. The van der Waals surface area contributed by atoms with E-state index in [9.17, 15) is 13.2 Å². The number of anilines is 2. The Kier molecular flexibility index (Phi) is 4.54. The van der Waals surface area contributed by atoms with E-state index in [4.69, 9.17) is 9.47 Å². The third kappa shape index (κ3) is 4.21. The number of carbonyl (C=O) groups excluding carboxylic acids is 1. The van der Waals surface area contributed by atoms with Crippen molar-refractivity contribution in [3.05, 3.63) is 47.5 Å². The van der Waals surface area contributed by atoms with Crippen LogP contribution in [0, 0.1) is 6.92 Å². The predicted octanol–water partition coefficient (Wildman–Crippen LogP) is 2.39. The lowest BCUT2D eigenvalue weighted by Gasteiger charge is -2.18. The molecular weight excluding hydrogens is 344 g/mol. The van der Waals surface area contributed by atoms with Gasteiger partial charge in [-0.15, -0.1) is 0 Å². The minimum atomic E-state index is -3.40. The van der Waals surface area contributed by atoms with Crippen molar-refractivity contribution in [3.8, 4) is 11.5 Å². The molecule has 0 atom stereocenters. The molecule has 0 fully saturated rings. The van der Waals surface area contributed by atoms with E-state index in [2.05, 4.69) is 10.0 Å². The summed E-state index contributed by atoms with van der Waals surface area (Å²) in [7, 11) is -3.40. The second-order valence-electron chi connectivity index (χ2n) is 5.72. The van der Waals surface area contributed by atoms with Gasteiger partial charge < -0.3 is 14.8 Å². The summed E-state index contributed by atoms with van der Waals surface area (Å²) in [5.74, 6) is 0.811. The van der Waals surface area contributed by atoms with E-state index in [1.807, 2.05) is 0 Å². The van der Waals surface area contributed by atoms with Crippen molar-refractivity contribution in [2.75, 3.05) is 29.5 Å². The van der Waals surface area contributed by atoms with Crippen LogP contribution in [0.1, 0.15) is 15.9 Å². The Hall–Kier alpha value is -2.74. The Morgan fingerprint density at radius 3 is 2.48 bits per heavy atom. The van der Waals surface area contributed by atoms with Crippen LogP contribution in [0.3, 0.4) is 0 Å². The standard InChI is InChI=1S/C17H18N2O5S/c1-11-3-5-13(10-14(11)19-25(2,21)22)18-17(20)12-4-6-15-16(9-12)24-8-7-23-15/h3-6,9-10,19H,7-8H2,1-2H3,(H,18,20). The molecular formula is C17H18N2O5S. The molecule has 2 aromatic rings. The molecule has 7 nitrogen and oxygen atoms in total. The number of hydrogen-bond acceptors (Lipinski definition) is 5. The molecule has 0 unspecified atom stereocenters. The molecule has 3 rings (SSSR count). The average molecular weight is 362 g/mol. The van der Waals surface area contributed by atoms with Gasteiger partial charge in [0.15, 0.2) is 11.5 Å². The van der Waals surface area contributed by atoms with E-state index in [1.165, 1.54) is 0 Å². The summed E-state index contributed by atoms with van der Waals surface area (Å²) in [5, 5.41) is 2.75. The Balaban J connectivity index is 1.80. The van der Waals surface area contributed by atoms with Gasteiger partial charge in [-0.05, 0) is 42.8 Å². The maximum absolute atomic E-state index is 12.4. The first kappa shape index (κ1) is 17.1. The van der Waals surface area contributed by atoms with Crippen molar-refractivity contribution in [1.29, 1.82) is 0 Å². The van der Waals surface area contributed by atoms with Crippen LogP contribution >= 0.6 is 0 Å². The van der Waals surface area contributed by atoms with Gasteiger partial charge in [-0.3, -0.25) is 9.52 Å². The molecule has 132 valence electrons. The van der Waals surface area contributed by atoms with Gasteiger partial charge in [0.25, 0.3) is 5.91 Å². The number of fused-ring (bicyclic) bond motifs is 1. The second-order valence-corrected chi connectivity index (χ2v) is 7.46. The molecule has 8 heteroatoms. The van der Waals surface area contributed by atoms with E-state index >= 15 is 0 Å². The fourth-order valence-electron chi connectivity index (χ4n) is 2.40. The molecule has 0 saturated heterocycles. The molecule has 1 heterocycles. The zero-order valence-electron chi connectivity index (χ0n) is 13.8. The molecule has 1 amide bonds. The summed E-state index contributed by atoms with van der Waals surface area (Å²) in [4.78, 5) is 12.4. The van der Waals surface area contributed by atoms with Crippen molar-refractivity contribution in [3.63, 3.8) is 0 Å². The molecule has 0 saturated carbocycles. The largest absolute Gasteiger partial charge is 0.486 e. The average Bonchev–Trinajstić information content (AvgIpc) is 2.56. The lowest BCUT2D eigenvalue weighted by Crippen LogP contribution is -2.17. The van der Waals surface area contributed by atoms with Crippen LogP contribution in [0.5, 0.6) is 11.5 Å². The van der Waals surface area contributed by atoms with Crippen molar-refractivity contribution < 1.29 is 22.7 Å². The molecule has 2 aromatic carbocycles. The molecule has 0 aromatic heterocycles. The molecule has 0 bridgehead atoms. The summed E-state index contributed by atoms with van der Waals surface area (Å²) >= 11 is 0. The number of hydrogen-bond donors (Lipinski definition) is 2. The van der Waals surface area contributed by atoms with Crippen LogP contribution in [0.4, 0.5) is 11.4 Å². The molecule has 1 aliphatic rings. The van der Waals surface area contributed by atoms with Gasteiger partial charge in [0.1, 0.15) is 13.2 Å². The second kappa shape index (κ2) is 6.64. The normalized spacial score (nSPS) is 13.2. The highest BCUT2D eigenvalue weighted by atomic mass is 32.2. The smallest absolute Gasteiger partial charge is 0.255 e. The quantitative estimate of drug-likeness (QED) is 0.871. The van der Waals surface area contributed by atoms with Gasteiger partial charge in [0.05, 0.1) is 11.9 Å². The molecule has 25 heavy (non-hydrogen) atoms. The van der Waals surface area contributed by atoms with Crippen LogP contribution in [0.25, 0.3) is 0 Å².